The molecule has 0 aromatic heterocycles. The summed E-state index contributed by atoms with van der Waals surface area (Å²) in [6, 6.07) is 40.7. The topological polar surface area (TPSA) is 3.24 Å². The zero-order valence-corrected chi connectivity index (χ0v) is 17.4. The highest BCUT2D eigenvalue weighted by Gasteiger charge is 2.17. The maximum Gasteiger partial charge on any atom is 0.0461 e. The molecular formula is C30H25N. The molecule has 4 aromatic carbocycles. The molecule has 1 atom stereocenters. The van der Waals surface area contributed by atoms with E-state index < -0.39 is 0 Å². The van der Waals surface area contributed by atoms with Crippen LogP contribution in [0.15, 0.2) is 139 Å². The molecule has 1 unspecified atom stereocenters. The summed E-state index contributed by atoms with van der Waals surface area (Å²) < 4.78 is 0. The van der Waals surface area contributed by atoms with Gasteiger partial charge in [0.15, 0.2) is 0 Å². The number of para-hydroxylation sites is 1. The van der Waals surface area contributed by atoms with Crippen molar-refractivity contribution in [3.8, 4) is 11.1 Å². The number of hydrogen-bond donors (Lipinski definition) is 0. The average molecular weight is 400 g/mol. The van der Waals surface area contributed by atoms with Crippen molar-refractivity contribution in [3.05, 3.63) is 145 Å². The fourth-order valence-electron chi connectivity index (χ4n) is 4.18. The van der Waals surface area contributed by atoms with Gasteiger partial charge in [0.05, 0.1) is 0 Å². The molecule has 0 aliphatic heterocycles. The van der Waals surface area contributed by atoms with Gasteiger partial charge < -0.3 is 4.90 Å². The number of benzene rings is 4. The molecule has 0 N–H and O–H groups in total. The second kappa shape index (κ2) is 8.89. The Morgan fingerprint density at radius 2 is 1.10 bits per heavy atom. The Bertz CT molecular complexity index is 1170. The van der Waals surface area contributed by atoms with Crippen LogP contribution in [0.25, 0.3) is 11.1 Å². The Balaban J connectivity index is 1.46. The molecule has 1 heteroatoms. The molecule has 0 saturated heterocycles. The lowest BCUT2D eigenvalue weighted by atomic mass is 9.91. The summed E-state index contributed by atoms with van der Waals surface area (Å²) in [7, 11) is 0. The SMILES string of the molecule is C1=CC(c2ccccc2)CC=C1N(c1ccccc1)c1ccc(-c2ccccc2)cc1. The van der Waals surface area contributed by atoms with Crippen LogP contribution in [0.5, 0.6) is 0 Å². The van der Waals surface area contributed by atoms with Crippen LogP contribution in [0.3, 0.4) is 0 Å². The van der Waals surface area contributed by atoms with Crippen molar-refractivity contribution in [2.24, 2.45) is 0 Å². The van der Waals surface area contributed by atoms with E-state index in [1.807, 2.05) is 0 Å². The van der Waals surface area contributed by atoms with Gasteiger partial charge >= 0.3 is 0 Å². The monoisotopic (exact) mass is 399 g/mol. The van der Waals surface area contributed by atoms with Crippen molar-refractivity contribution < 1.29 is 0 Å². The predicted octanol–water partition coefficient (Wildman–Crippen LogP) is 8.12. The molecule has 150 valence electrons. The van der Waals surface area contributed by atoms with Gasteiger partial charge in [-0.3, -0.25) is 0 Å². The van der Waals surface area contributed by atoms with E-state index in [4.69, 9.17) is 0 Å². The minimum Gasteiger partial charge on any atom is -0.311 e. The third-order valence-corrected chi connectivity index (χ3v) is 5.81. The fourth-order valence-corrected chi connectivity index (χ4v) is 4.18. The van der Waals surface area contributed by atoms with Gasteiger partial charge in [-0.1, -0.05) is 103 Å². The zero-order valence-electron chi connectivity index (χ0n) is 17.4. The van der Waals surface area contributed by atoms with E-state index >= 15 is 0 Å². The smallest absolute Gasteiger partial charge is 0.0461 e. The van der Waals surface area contributed by atoms with Crippen LogP contribution < -0.4 is 4.90 Å². The Labute approximate surface area is 184 Å². The zero-order chi connectivity index (χ0) is 20.9. The van der Waals surface area contributed by atoms with Crippen molar-refractivity contribution in [2.75, 3.05) is 4.90 Å². The molecular weight excluding hydrogens is 374 g/mol. The molecule has 5 rings (SSSR count). The van der Waals surface area contributed by atoms with Gasteiger partial charge in [0.25, 0.3) is 0 Å². The van der Waals surface area contributed by atoms with Crippen LogP contribution >= 0.6 is 0 Å². The number of allylic oxidation sites excluding steroid dienone is 3. The van der Waals surface area contributed by atoms with E-state index in [1.165, 1.54) is 33.8 Å². The molecule has 1 aliphatic rings. The van der Waals surface area contributed by atoms with Gasteiger partial charge in [0.1, 0.15) is 0 Å². The van der Waals surface area contributed by atoms with E-state index in [0.717, 1.165) is 6.42 Å². The molecule has 31 heavy (non-hydrogen) atoms. The summed E-state index contributed by atoms with van der Waals surface area (Å²) in [5, 5.41) is 0. The number of rotatable bonds is 5. The van der Waals surface area contributed by atoms with E-state index in [9.17, 15) is 0 Å². The number of nitrogens with zero attached hydrogens (tertiary/aromatic N) is 1. The van der Waals surface area contributed by atoms with E-state index in [2.05, 4.69) is 138 Å². The standard InChI is InChI=1S/C30H25N/c1-4-10-24(11-5-1)26-16-20-29(21-17-26)31(28-14-8-3-9-15-28)30-22-18-27(19-23-30)25-12-6-2-7-13-25/h1-18,20-23,27H,19H2. The first-order valence-corrected chi connectivity index (χ1v) is 10.8. The van der Waals surface area contributed by atoms with Crippen LogP contribution in [0.4, 0.5) is 11.4 Å². The highest BCUT2D eigenvalue weighted by atomic mass is 15.1. The highest BCUT2D eigenvalue weighted by molar-refractivity contribution is 5.73. The number of anilines is 2. The molecule has 0 bridgehead atoms. The van der Waals surface area contributed by atoms with Crippen molar-refractivity contribution in [2.45, 2.75) is 12.3 Å². The maximum absolute atomic E-state index is 2.36. The van der Waals surface area contributed by atoms with Crippen LogP contribution in [-0.4, -0.2) is 0 Å². The summed E-state index contributed by atoms with van der Waals surface area (Å²) >= 11 is 0. The Morgan fingerprint density at radius 1 is 0.548 bits per heavy atom. The van der Waals surface area contributed by atoms with Gasteiger partial charge in [-0.2, -0.15) is 0 Å². The third-order valence-electron chi connectivity index (χ3n) is 5.81. The van der Waals surface area contributed by atoms with E-state index in [0.29, 0.717) is 5.92 Å². The van der Waals surface area contributed by atoms with Crippen LogP contribution in [0, 0.1) is 0 Å². The molecule has 0 saturated carbocycles. The van der Waals surface area contributed by atoms with Crippen molar-refractivity contribution in [1.82, 2.24) is 0 Å². The van der Waals surface area contributed by atoms with Crippen LogP contribution in [0.1, 0.15) is 17.9 Å². The Kier molecular flexibility index (Phi) is 5.49. The minimum absolute atomic E-state index is 0.433. The minimum atomic E-state index is 0.433. The van der Waals surface area contributed by atoms with Gasteiger partial charge in [-0.05, 0) is 53.5 Å². The molecule has 1 nitrogen and oxygen atoms in total. The molecule has 0 fully saturated rings. The first-order chi connectivity index (χ1) is 15.4. The first-order valence-electron chi connectivity index (χ1n) is 10.8. The lowest BCUT2D eigenvalue weighted by Gasteiger charge is -2.29. The predicted molar refractivity (Wildman–Crippen MR) is 131 cm³/mol. The lowest BCUT2D eigenvalue weighted by Crippen LogP contribution is -2.17. The van der Waals surface area contributed by atoms with Gasteiger partial charge in [-0.25, -0.2) is 0 Å². The highest BCUT2D eigenvalue weighted by Crippen LogP contribution is 2.35. The summed E-state index contributed by atoms with van der Waals surface area (Å²) in [6.07, 6.45) is 7.95. The molecule has 1 aliphatic carbocycles. The number of hydrogen-bond acceptors (Lipinski definition) is 1. The lowest BCUT2D eigenvalue weighted by molar-refractivity contribution is 0.840. The Hall–Kier alpha value is -3.84. The van der Waals surface area contributed by atoms with Crippen molar-refractivity contribution in [3.63, 3.8) is 0 Å². The molecule has 0 radical (unpaired) electrons. The largest absolute Gasteiger partial charge is 0.311 e. The normalized spacial score (nSPS) is 15.4. The van der Waals surface area contributed by atoms with Gasteiger partial charge in [0, 0.05) is 23.0 Å². The maximum atomic E-state index is 2.36. The van der Waals surface area contributed by atoms with Crippen molar-refractivity contribution in [1.29, 1.82) is 0 Å². The summed E-state index contributed by atoms with van der Waals surface area (Å²) in [5.41, 5.74) is 7.39. The summed E-state index contributed by atoms with van der Waals surface area (Å²) in [6.45, 7) is 0. The summed E-state index contributed by atoms with van der Waals surface area (Å²) in [4.78, 5) is 2.34. The quantitative estimate of drug-likeness (QED) is 0.327. The van der Waals surface area contributed by atoms with Crippen LogP contribution in [0.2, 0.25) is 0 Å². The molecule has 0 amide bonds. The summed E-state index contributed by atoms with van der Waals surface area (Å²) in [5.74, 6) is 0.433. The van der Waals surface area contributed by atoms with Gasteiger partial charge in [-0.15, -0.1) is 0 Å². The van der Waals surface area contributed by atoms with Gasteiger partial charge in [0.2, 0.25) is 0 Å². The molecule has 4 aromatic rings. The first kappa shape index (κ1) is 19.1. The second-order valence-corrected chi connectivity index (χ2v) is 7.82. The molecule has 0 heterocycles. The van der Waals surface area contributed by atoms with Crippen LogP contribution in [-0.2, 0) is 0 Å². The van der Waals surface area contributed by atoms with E-state index in [1.54, 1.807) is 0 Å². The third kappa shape index (κ3) is 4.22. The average Bonchev–Trinajstić information content (AvgIpc) is 2.87. The Morgan fingerprint density at radius 3 is 1.71 bits per heavy atom. The van der Waals surface area contributed by atoms with E-state index in [-0.39, 0.29) is 0 Å². The second-order valence-electron chi connectivity index (χ2n) is 7.82. The van der Waals surface area contributed by atoms with Crippen molar-refractivity contribution >= 4 is 11.4 Å². The fraction of sp³-hybridized carbons (Fsp3) is 0.0667. The molecule has 0 spiro atoms.